The van der Waals surface area contributed by atoms with Gasteiger partial charge in [0.2, 0.25) is 0 Å². The van der Waals surface area contributed by atoms with E-state index < -0.39 is 0 Å². The Hall–Kier alpha value is -11.5. The lowest BCUT2D eigenvalue weighted by Gasteiger charge is -2.35. The van der Waals surface area contributed by atoms with Gasteiger partial charge in [0, 0.05) is 99.4 Å². The largest absolute Gasteiger partial charge is 0.310 e. The summed E-state index contributed by atoms with van der Waals surface area (Å²) in [5.41, 5.74) is 13.6. The number of anilines is 12. The monoisotopic (exact) mass is 1200 g/mol. The third-order valence-electron chi connectivity index (χ3n) is 18.5. The molecule has 442 valence electrons. The van der Waals surface area contributed by atoms with Crippen molar-refractivity contribution in [2.45, 2.75) is 27.7 Å². The van der Waals surface area contributed by atoms with Gasteiger partial charge in [-0.05, 0) is 181 Å². The fourth-order valence-corrected chi connectivity index (χ4v) is 14.0. The number of rotatable bonds is 12. The van der Waals surface area contributed by atoms with E-state index in [0.29, 0.717) is 21.5 Å². The lowest BCUT2D eigenvalue weighted by molar-refractivity contribution is 0.639. The van der Waals surface area contributed by atoms with Crippen LogP contribution in [-0.4, -0.2) is 0 Å². The Kier molecular flexibility index (Phi) is 13.5. The van der Waals surface area contributed by atoms with Gasteiger partial charge in [0.1, 0.15) is 23.3 Å². The van der Waals surface area contributed by atoms with Gasteiger partial charge < -0.3 is 19.6 Å². The Balaban J connectivity index is 1.12. The molecule has 0 aliphatic rings. The van der Waals surface area contributed by atoms with E-state index >= 15 is 17.6 Å². The van der Waals surface area contributed by atoms with Gasteiger partial charge in [-0.15, -0.1) is 0 Å². The number of benzene rings is 16. The maximum atomic E-state index is 16.4. The summed E-state index contributed by atoms with van der Waals surface area (Å²) in [7, 11) is 0. The Labute approximate surface area is 530 Å². The lowest BCUT2D eigenvalue weighted by Crippen LogP contribution is -2.17. The summed E-state index contributed by atoms with van der Waals surface area (Å²) in [5.74, 6) is -1.34. The van der Waals surface area contributed by atoms with Gasteiger partial charge in [-0.2, -0.15) is 0 Å². The fraction of sp³-hybridized carbons (Fsp3) is 0.0476. The molecule has 0 amide bonds. The van der Waals surface area contributed by atoms with Crippen LogP contribution in [0.4, 0.5) is 85.8 Å². The van der Waals surface area contributed by atoms with Crippen LogP contribution in [0.25, 0.3) is 75.4 Å². The average Bonchev–Trinajstić information content (AvgIpc) is 0.702. The van der Waals surface area contributed by atoms with E-state index in [0.717, 1.165) is 144 Å². The molecule has 0 saturated carbocycles. The Morgan fingerprint density at radius 1 is 0.196 bits per heavy atom. The van der Waals surface area contributed by atoms with Gasteiger partial charge in [-0.25, -0.2) is 17.6 Å². The van der Waals surface area contributed by atoms with E-state index in [9.17, 15) is 0 Å². The molecule has 0 aromatic heterocycles. The van der Waals surface area contributed by atoms with E-state index in [4.69, 9.17) is 0 Å². The second kappa shape index (κ2) is 22.2. The predicted molar refractivity (Wildman–Crippen MR) is 378 cm³/mol. The zero-order valence-electron chi connectivity index (χ0n) is 50.9. The third kappa shape index (κ3) is 9.20. The second-order valence-electron chi connectivity index (χ2n) is 24.0. The minimum Gasteiger partial charge on any atom is -0.310 e. The van der Waals surface area contributed by atoms with Crippen LogP contribution in [-0.2, 0) is 0 Å². The van der Waals surface area contributed by atoms with Crippen molar-refractivity contribution in [3.05, 3.63) is 325 Å². The minimum absolute atomic E-state index is 0.334. The summed E-state index contributed by atoms with van der Waals surface area (Å²) < 4.78 is 65.6. The fourth-order valence-electron chi connectivity index (χ4n) is 14.0. The van der Waals surface area contributed by atoms with E-state index in [1.165, 1.54) is 24.3 Å². The maximum Gasteiger partial charge on any atom is 0.131 e. The normalized spacial score (nSPS) is 11.7. The van der Waals surface area contributed by atoms with Gasteiger partial charge >= 0.3 is 0 Å². The van der Waals surface area contributed by atoms with Crippen molar-refractivity contribution < 1.29 is 17.6 Å². The molecule has 0 spiro atoms. The lowest BCUT2D eigenvalue weighted by atomic mass is 9.88. The quantitative estimate of drug-likeness (QED) is 0.0893. The standard InChI is InChI=1S/C84H58F4N4/c1-51-17-5-9-29-75(51)89(59-37-33-55-21-13-25-71(85)67(55)45-59)79-49-80(90(76-30-10-6-18-52(76)2)60-38-34-56-22-14-26-72(86)68(56)46-60)64-43-44-66-82(92(78-32-12-8-20-54(78)4)62-40-36-58-24-16-28-74(88)70(58)48-62)50-81(65-42-41-63(79)83(64)84(65)66)91(77-31-11-7-19-53(77)3)61-39-35-57-23-15-27-73(87)69(57)47-61/h5-50H,1-4H3. The van der Waals surface area contributed by atoms with E-state index in [-0.39, 0.29) is 23.3 Å². The first kappa shape index (κ1) is 55.8. The summed E-state index contributed by atoms with van der Waals surface area (Å²) in [5, 5.41) is 10.4. The topological polar surface area (TPSA) is 13.0 Å². The molecule has 4 nitrogen and oxygen atoms in total. The molecule has 8 heteroatoms. The predicted octanol–water partition coefficient (Wildman–Crippen LogP) is 24.9. The van der Waals surface area contributed by atoms with Crippen LogP contribution in [0.2, 0.25) is 0 Å². The highest BCUT2D eigenvalue weighted by Crippen LogP contribution is 2.56. The van der Waals surface area contributed by atoms with Gasteiger partial charge in [0.05, 0.1) is 22.7 Å². The second-order valence-corrected chi connectivity index (χ2v) is 24.0. The van der Waals surface area contributed by atoms with Crippen molar-refractivity contribution in [1.29, 1.82) is 0 Å². The maximum absolute atomic E-state index is 16.4. The summed E-state index contributed by atoms with van der Waals surface area (Å²) in [6, 6.07) is 91.0. The van der Waals surface area contributed by atoms with E-state index in [2.05, 4.69) is 156 Å². The van der Waals surface area contributed by atoms with E-state index in [1.54, 1.807) is 24.3 Å². The molecule has 0 heterocycles. The average molecular weight is 1200 g/mol. The van der Waals surface area contributed by atoms with E-state index in [1.807, 2.05) is 121 Å². The molecule has 16 aromatic rings. The molecule has 0 aliphatic carbocycles. The molecule has 0 N–H and O–H groups in total. The highest BCUT2D eigenvalue weighted by atomic mass is 19.1. The van der Waals surface area contributed by atoms with Crippen molar-refractivity contribution >= 4 is 144 Å². The summed E-state index contributed by atoms with van der Waals surface area (Å²) in [6.07, 6.45) is 0. The van der Waals surface area contributed by atoms with Crippen LogP contribution in [0.1, 0.15) is 22.3 Å². The third-order valence-corrected chi connectivity index (χ3v) is 18.5. The van der Waals surface area contributed by atoms with Crippen molar-refractivity contribution in [3.8, 4) is 0 Å². The molecule has 16 aromatic carbocycles. The first-order valence-corrected chi connectivity index (χ1v) is 30.9. The Bertz CT molecular complexity index is 4960. The molecular weight excluding hydrogens is 1140 g/mol. The summed E-state index contributed by atoms with van der Waals surface area (Å²) in [6.45, 7) is 8.39. The zero-order chi connectivity index (χ0) is 62.5. The van der Waals surface area contributed by atoms with Crippen molar-refractivity contribution in [1.82, 2.24) is 0 Å². The number of nitrogens with zero attached hydrogens (tertiary/aromatic N) is 4. The minimum atomic E-state index is -0.334. The number of aryl methyl sites for hydroxylation is 4. The molecule has 92 heavy (non-hydrogen) atoms. The molecule has 0 atom stereocenters. The SMILES string of the molecule is Cc1ccccc1N(c1ccc2cccc(F)c2c1)c1cc(N(c2ccc3cccc(F)c3c2)c2ccccc2C)c2ccc3c(N(c4ccc5cccc(F)c5c4)c4ccccc4C)cc(N(c4ccc5cccc(F)c5c4)c4ccccc4C)c4ccc1c2c43. The number of fused-ring (bicyclic) bond motifs is 4. The summed E-state index contributed by atoms with van der Waals surface area (Å²) >= 11 is 0. The van der Waals surface area contributed by atoms with Gasteiger partial charge in [-0.1, -0.05) is 170 Å². The highest BCUT2D eigenvalue weighted by Gasteiger charge is 2.31. The Morgan fingerprint density at radius 3 is 0.652 bits per heavy atom. The zero-order valence-corrected chi connectivity index (χ0v) is 50.9. The molecule has 0 unspecified atom stereocenters. The number of hydrogen-bond donors (Lipinski definition) is 0. The smallest absolute Gasteiger partial charge is 0.131 e. The molecule has 0 saturated heterocycles. The van der Waals surface area contributed by atoms with Gasteiger partial charge in [-0.3, -0.25) is 0 Å². The number of halogens is 4. The number of para-hydroxylation sites is 4. The van der Waals surface area contributed by atoms with Gasteiger partial charge in [0.25, 0.3) is 0 Å². The van der Waals surface area contributed by atoms with Crippen LogP contribution in [0.15, 0.2) is 279 Å². The molecule has 16 rings (SSSR count). The van der Waals surface area contributed by atoms with Crippen molar-refractivity contribution in [2.24, 2.45) is 0 Å². The van der Waals surface area contributed by atoms with Crippen molar-refractivity contribution in [2.75, 3.05) is 19.6 Å². The molecule has 0 aliphatic heterocycles. The highest BCUT2D eigenvalue weighted by molar-refractivity contribution is 6.33. The first-order valence-electron chi connectivity index (χ1n) is 30.9. The van der Waals surface area contributed by atoms with Crippen LogP contribution >= 0.6 is 0 Å². The van der Waals surface area contributed by atoms with Gasteiger partial charge in [0.15, 0.2) is 0 Å². The molecule has 0 radical (unpaired) electrons. The number of hydrogen-bond acceptors (Lipinski definition) is 4. The van der Waals surface area contributed by atoms with Crippen LogP contribution < -0.4 is 19.6 Å². The first-order chi connectivity index (χ1) is 44.9. The van der Waals surface area contributed by atoms with Crippen LogP contribution in [0.3, 0.4) is 0 Å². The summed E-state index contributed by atoms with van der Waals surface area (Å²) in [4.78, 5) is 9.00. The van der Waals surface area contributed by atoms with Crippen molar-refractivity contribution in [3.63, 3.8) is 0 Å². The molecular formula is C84H58F4N4. The molecule has 0 bridgehead atoms. The van der Waals surface area contributed by atoms with Crippen LogP contribution in [0, 0.1) is 51.0 Å². The molecule has 0 fully saturated rings. The van der Waals surface area contributed by atoms with Crippen LogP contribution in [0.5, 0.6) is 0 Å². The Morgan fingerprint density at radius 2 is 0.424 bits per heavy atom.